The second-order valence-electron chi connectivity index (χ2n) is 7.23. The second-order valence-corrected chi connectivity index (χ2v) is 7.67. The number of ether oxygens (including phenoxy) is 1. The molecule has 3 aromatic rings. The maximum absolute atomic E-state index is 10.7. The topological polar surface area (TPSA) is 59.3 Å². The van der Waals surface area contributed by atoms with Gasteiger partial charge in [0, 0.05) is 61.5 Å². The van der Waals surface area contributed by atoms with E-state index in [1.54, 1.807) is 0 Å². The number of hydrogen-bond donors (Lipinski definition) is 2. The zero-order valence-corrected chi connectivity index (χ0v) is 16.4. The molecule has 2 heterocycles. The lowest BCUT2D eigenvalue weighted by atomic mass is 9.94. The molecule has 2 N–H and O–H groups in total. The highest BCUT2D eigenvalue weighted by atomic mass is 35.5. The molecule has 0 atom stereocenters. The molecule has 1 aliphatic heterocycles. The van der Waals surface area contributed by atoms with Crippen LogP contribution in [0.3, 0.4) is 0 Å². The summed E-state index contributed by atoms with van der Waals surface area (Å²) in [7, 11) is 0. The van der Waals surface area contributed by atoms with Crippen molar-refractivity contribution in [2.24, 2.45) is 0 Å². The van der Waals surface area contributed by atoms with Gasteiger partial charge in [0.05, 0.1) is 17.0 Å². The fourth-order valence-electron chi connectivity index (χ4n) is 3.49. The molecule has 0 radical (unpaired) electrons. The average Bonchev–Trinajstić information content (AvgIpc) is 3.13. The third kappa shape index (κ3) is 4.45. The van der Waals surface area contributed by atoms with E-state index in [4.69, 9.17) is 21.4 Å². The monoisotopic (exact) mass is 397 g/mol. The molecule has 5 nitrogen and oxygen atoms in total. The highest BCUT2D eigenvalue weighted by Gasteiger charge is 2.29. The van der Waals surface area contributed by atoms with Crippen LogP contribution in [-0.2, 0) is 11.3 Å². The minimum Gasteiger partial charge on any atom is -0.388 e. The van der Waals surface area contributed by atoms with Gasteiger partial charge in [0.25, 0.3) is 0 Å². The number of benzene rings is 2. The summed E-state index contributed by atoms with van der Waals surface area (Å²) in [5.74, 6) is 0. The van der Waals surface area contributed by atoms with E-state index in [9.17, 15) is 5.11 Å². The molecular formula is C22H24ClN3O2. The van der Waals surface area contributed by atoms with Gasteiger partial charge in [-0.3, -0.25) is 0 Å². The molecule has 1 aliphatic rings. The number of nitrogens with one attached hydrogen (secondary N) is 1. The van der Waals surface area contributed by atoms with Crippen LogP contribution in [0.15, 0.2) is 60.8 Å². The maximum atomic E-state index is 10.7. The van der Waals surface area contributed by atoms with Gasteiger partial charge >= 0.3 is 0 Å². The Hall–Kier alpha value is -2.18. The Labute approximate surface area is 169 Å². The molecule has 28 heavy (non-hydrogen) atoms. The molecule has 1 fully saturated rings. The fraction of sp³-hybridized carbons (Fsp3) is 0.318. The Morgan fingerprint density at radius 3 is 2.64 bits per heavy atom. The van der Waals surface area contributed by atoms with Crippen molar-refractivity contribution < 1.29 is 9.84 Å². The summed E-state index contributed by atoms with van der Waals surface area (Å²) in [5, 5.41) is 19.6. The standard InChI is InChI=1S/C22H24ClN3O2/c23-19-6-4-5-17(13-19)21-18(14-24-16-22(27)9-11-28-12-10-22)15-26(25-21)20-7-2-1-3-8-20/h1-8,13,15,24,27H,9-12,14,16H2. The zero-order valence-electron chi connectivity index (χ0n) is 15.6. The molecule has 2 aromatic carbocycles. The summed E-state index contributed by atoms with van der Waals surface area (Å²) >= 11 is 6.20. The molecule has 0 saturated carbocycles. The van der Waals surface area contributed by atoms with Gasteiger partial charge in [-0.15, -0.1) is 0 Å². The van der Waals surface area contributed by atoms with Crippen LogP contribution in [0.1, 0.15) is 18.4 Å². The number of nitrogens with zero attached hydrogens (tertiary/aromatic N) is 2. The summed E-state index contributed by atoms with van der Waals surface area (Å²) in [6, 6.07) is 17.8. The quantitative estimate of drug-likeness (QED) is 0.663. The van der Waals surface area contributed by atoms with Crippen molar-refractivity contribution in [2.45, 2.75) is 25.0 Å². The van der Waals surface area contributed by atoms with Crippen LogP contribution in [0.5, 0.6) is 0 Å². The number of hydrogen-bond acceptors (Lipinski definition) is 4. The van der Waals surface area contributed by atoms with Crippen LogP contribution in [0, 0.1) is 0 Å². The summed E-state index contributed by atoms with van der Waals surface area (Å²) in [6.45, 7) is 2.36. The minimum absolute atomic E-state index is 0.530. The first kappa shape index (κ1) is 19.2. The molecule has 0 unspecified atom stereocenters. The lowest BCUT2D eigenvalue weighted by Gasteiger charge is -2.32. The van der Waals surface area contributed by atoms with Crippen molar-refractivity contribution in [2.75, 3.05) is 19.8 Å². The third-order valence-corrected chi connectivity index (χ3v) is 5.34. The predicted molar refractivity (Wildman–Crippen MR) is 111 cm³/mol. The third-order valence-electron chi connectivity index (χ3n) is 5.10. The van der Waals surface area contributed by atoms with Crippen molar-refractivity contribution in [1.82, 2.24) is 15.1 Å². The van der Waals surface area contributed by atoms with Gasteiger partial charge in [0.2, 0.25) is 0 Å². The molecule has 6 heteroatoms. The lowest BCUT2D eigenvalue weighted by Crippen LogP contribution is -2.44. The van der Waals surface area contributed by atoms with Crippen LogP contribution < -0.4 is 5.32 Å². The first-order chi connectivity index (χ1) is 13.6. The van der Waals surface area contributed by atoms with E-state index < -0.39 is 5.60 Å². The van der Waals surface area contributed by atoms with Crippen molar-refractivity contribution in [3.63, 3.8) is 0 Å². The molecule has 1 saturated heterocycles. The smallest absolute Gasteiger partial charge is 0.0973 e. The molecule has 0 aliphatic carbocycles. The van der Waals surface area contributed by atoms with Crippen LogP contribution in [0.4, 0.5) is 0 Å². The van der Waals surface area contributed by atoms with Crippen molar-refractivity contribution in [1.29, 1.82) is 0 Å². The molecular weight excluding hydrogens is 374 g/mol. The van der Waals surface area contributed by atoms with Crippen molar-refractivity contribution in [3.8, 4) is 16.9 Å². The predicted octanol–water partition coefficient (Wildman–Crippen LogP) is 3.82. The SMILES string of the molecule is OC1(CNCc2cn(-c3ccccc3)nc2-c2cccc(Cl)c2)CCOCC1. The highest BCUT2D eigenvalue weighted by Crippen LogP contribution is 2.26. The molecule has 0 bridgehead atoms. The van der Waals surface area contributed by atoms with Crippen molar-refractivity contribution >= 4 is 11.6 Å². The van der Waals surface area contributed by atoms with E-state index in [0.717, 1.165) is 22.5 Å². The normalized spacial score (nSPS) is 16.2. The van der Waals surface area contributed by atoms with E-state index in [1.807, 2.05) is 65.5 Å². The van der Waals surface area contributed by atoms with E-state index in [1.165, 1.54) is 0 Å². The van der Waals surface area contributed by atoms with Gasteiger partial charge in [0.1, 0.15) is 0 Å². The van der Waals surface area contributed by atoms with Gasteiger partial charge in [-0.05, 0) is 24.3 Å². The first-order valence-electron chi connectivity index (χ1n) is 9.54. The zero-order chi connectivity index (χ0) is 19.4. The Bertz CT molecular complexity index is 921. The van der Waals surface area contributed by atoms with Crippen molar-refractivity contribution in [3.05, 3.63) is 71.4 Å². The molecule has 1 aromatic heterocycles. The number of rotatable bonds is 6. The Morgan fingerprint density at radius 2 is 1.89 bits per heavy atom. The number of aromatic nitrogens is 2. The summed E-state index contributed by atoms with van der Waals surface area (Å²) in [4.78, 5) is 0. The largest absolute Gasteiger partial charge is 0.388 e. The number of aliphatic hydroxyl groups is 1. The number of para-hydroxylation sites is 1. The van der Waals surface area contributed by atoms with E-state index in [0.29, 0.717) is 44.2 Å². The maximum Gasteiger partial charge on any atom is 0.0973 e. The van der Waals surface area contributed by atoms with Crippen LogP contribution in [0.2, 0.25) is 5.02 Å². The number of halogens is 1. The Kier molecular flexibility index (Phi) is 5.78. The highest BCUT2D eigenvalue weighted by molar-refractivity contribution is 6.30. The van der Waals surface area contributed by atoms with E-state index in [2.05, 4.69) is 5.32 Å². The minimum atomic E-state index is -0.704. The molecule has 4 rings (SSSR count). The Morgan fingerprint density at radius 1 is 1.11 bits per heavy atom. The van der Waals surface area contributed by atoms with Crippen LogP contribution in [-0.4, -0.2) is 40.2 Å². The van der Waals surface area contributed by atoms with Crippen LogP contribution in [0.25, 0.3) is 16.9 Å². The van der Waals surface area contributed by atoms with Gasteiger partial charge in [-0.2, -0.15) is 5.10 Å². The first-order valence-corrected chi connectivity index (χ1v) is 9.92. The van der Waals surface area contributed by atoms with Gasteiger partial charge in [-0.25, -0.2) is 4.68 Å². The summed E-state index contributed by atoms with van der Waals surface area (Å²) in [5.41, 5.74) is 3.22. The van der Waals surface area contributed by atoms with Gasteiger partial charge < -0.3 is 15.2 Å². The Balaban J connectivity index is 1.58. The fourth-order valence-corrected chi connectivity index (χ4v) is 3.68. The van der Waals surface area contributed by atoms with E-state index in [-0.39, 0.29) is 0 Å². The molecule has 146 valence electrons. The summed E-state index contributed by atoms with van der Waals surface area (Å²) in [6.07, 6.45) is 3.35. The van der Waals surface area contributed by atoms with E-state index >= 15 is 0 Å². The van der Waals surface area contributed by atoms with Crippen LogP contribution >= 0.6 is 11.6 Å². The summed E-state index contributed by atoms with van der Waals surface area (Å²) < 4.78 is 7.24. The molecule has 0 spiro atoms. The molecule has 0 amide bonds. The van der Waals surface area contributed by atoms with Gasteiger partial charge in [-0.1, -0.05) is 41.9 Å². The lowest BCUT2D eigenvalue weighted by molar-refractivity contribution is -0.0616. The second kappa shape index (κ2) is 8.45. The average molecular weight is 398 g/mol. The van der Waals surface area contributed by atoms with Gasteiger partial charge in [0.15, 0.2) is 0 Å².